The van der Waals surface area contributed by atoms with Crippen molar-refractivity contribution in [1.82, 2.24) is 10.3 Å². The van der Waals surface area contributed by atoms with Crippen LogP contribution in [0.25, 0.3) is 22.6 Å². The van der Waals surface area contributed by atoms with Crippen LogP contribution < -0.4 is 10.1 Å². The zero-order chi connectivity index (χ0) is 30.2. The molecule has 0 radical (unpaired) electrons. The van der Waals surface area contributed by atoms with Crippen LogP contribution in [0.15, 0.2) is 77.2 Å². The fourth-order valence-corrected chi connectivity index (χ4v) is 5.44. The summed E-state index contributed by atoms with van der Waals surface area (Å²) in [7, 11) is 0. The first-order valence-corrected chi connectivity index (χ1v) is 14.9. The fraction of sp³-hybridized carbons (Fsp3) is 0.343. The maximum atomic E-state index is 12.4. The molecule has 1 unspecified atom stereocenters. The molecule has 2 N–H and O–H groups in total. The molecule has 1 saturated carbocycles. The van der Waals surface area contributed by atoms with Crippen molar-refractivity contribution in [2.24, 2.45) is 0 Å². The Kier molecular flexibility index (Phi) is 9.77. The summed E-state index contributed by atoms with van der Waals surface area (Å²) >= 11 is 0. The van der Waals surface area contributed by atoms with Crippen molar-refractivity contribution in [1.29, 1.82) is 0 Å². The van der Waals surface area contributed by atoms with Gasteiger partial charge in [-0.15, -0.1) is 0 Å². The van der Waals surface area contributed by atoms with Gasteiger partial charge in [0.05, 0.1) is 18.2 Å². The van der Waals surface area contributed by atoms with Crippen LogP contribution >= 0.6 is 0 Å². The SMILES string of the molecule is Cc1oc(-c2ccc(-c3ccccc3)cc2)nc1CCOc1ccc(C(C)C(=O)O)c(COC(=O)NC2CCCCC2)c1. The molecule has 1 aliphatic rings. The summed E-state index contributed by atoms with van der Waals surface area (Å²) in [5.41, 5.74) is 5.17. The molecule has 0 bridgehead atoms. The Hall–Kier alpha value is -4.59. The molecule has 43 heavy (non-hydrogen) atoms. The summed E-state index contributed by atoms with van der Waals surface area (Å²) in [4.78, 5) is 28.9. The molecule has 8 nitrogen and oxygen atoms in total. The number of carboxylic acid groups (broad SMARTS) is 1. The summed E-state index contributed by atoms with van der Waals surface area (Å²) in [6.45, 7) is 3.80. The van der Waals surface area contributed by atoms with Gasteiger partial charge < -0.3 is 24.3 Å². The highest BCUT2D eigenvalue weighted by Gasteiger charge is 2.21. The van der Waals surface area contributed by atoms with E-state index in [1.54, 1.807) is 25.1 Å². The normalized spacial score (nSPS) is 14.2. The molecule has 1 heterocycles. The number of hydrogen-bond donors (Lipinski definition) is 2. The first-order chi connectivity index (χ1) is 20.9. The largest absolute Gasteiger partial charge is 0.493 e. The molecule has 4 aromatic rings. The predicted octanol–water partition coefficient (Wildman–Crippen LogP) is 7.69. The van der Waals surface area contributed by atoms with Gasteiger partial charge in [0.25, 0.3) is 0 Å². The quantitative estimate of drug-likeness (QED) is 0.187. The molecule has 5 rings (SSSR count). The number of nitrogens with zero attached hydrogens (tertiary/aromatic N) is 1. The molecule has 0 saturated heterocycles. The van der Waals surface area contributed by atoms with E-state index in [9.17, 15) is 14.7 Å². The lowest BCUT2D eigenvalue weighted by atomic mass is 9.95. The first-order valence-electron chi connectivity index (χ1n) is 14.9. The van der Waals surface area contributed by atoms with Crippen molar-refractivity contribution in [2.75, 3.05) is 6.61 Å². The van der Waals surface area contributed by atoms with Crippen LogP contribution in [-0.4, -0.2) is 34.8 Å². The molecule has 3 aromatic carbocycles. The first kappa shape index (κ1) is 29.9. The van der Waals surface area contributed by atoms with Gasteiger partial charge in [-0.1, -0.05) is 67.8 Å². The molecule has 1 atom stereocenters. The number of oxazole rings is 1. The lowest BCUT2D eigenvalue weighted by Gasteiger charge is -2.22. The third-order valence-electron chi connectivity index (χ3n) is 7.98. The van der Waals surface area contributed by atoms with Crippen LogP contribution in [-0.2, 0) is 22.6 Å². The summed E-state index contributed by atoms with van der Waals surface area (Å²) in [6, 6.07) is 23.7. The van der Waals surface area contributed by atoms with E-state index in [2.05, 4.69) is 29.6 Å². The average molecular weight is 583 g/mol. The Morgan fingerprint density at radius 2 is 1.67 bits per heavy atom. The minimum Gasteiger partial charge on any atom is -0.493 e. The number of aryl methyl sites for hydroxylation is 1. The molecule has 8 heteroatoms. The van der Waals surface area contributed by atoms with E-state index < -0.39 is 18.0 Å². The maximum Gasteiger partial charge on any atom is 0.407 e. The van der Waals surface area contributed by atoms with Crippen LogP contribution in [0.5, 0.6) is 5.75 Å². The number of aromatic nitrogens is 1. The topological polar surface area (TPSA) is 111 Å². The Morgan fingerprint density at radius 1 is 0.977 bits per heavy atom. The number of aliphatic carboxylic acids is 1. The third kappa shape index (κ3) is 7.83. The second-order valence-corrected chi connectivity index (χ2v) is 11.0. The van der Waals surface area contributed by atoms with Crippen molar-refractivity contribution in [3.05, 3.63) is 95.4 Å². The number of amides is 1. The molecular weight excluding hydrogens is 544 g/mol. The van der Waals surface area contributed by atoms with E-state index in [0.29, 0.717) is 35.8 Å². The Bertz CT molecular complexity index is 1520. The van der Waals surface area contributed by atoms with Gasteiger partial charge in [-0.2, -0.15) is 0 Å². The molecule has 1 aliphatic carbocycles. The Labute approximate surface area is 252 Å². The molecule has 0 aliphatic heterocycles. The van der Waals surface area contributed by atoms with Crippen LogP contribution in [0.2, 0.25) is 0 Å². The number of nitrogens with one attached hydrogen (secondary N) is 1. The number of hydrogen-bond acceptors (Lipinski definition) is 6. The van der Waals surface area contributed by atoms with E-state index in [1.807, 2.05) is 37.3 Å². The smallest absolute Gasteiger partial charge is 0.407 e. The van der Waals surface area contributed by atoms with E-state index >= 15 is 0 Å². The van der Waals surface area contributed by atoms with Crippen molar-refractivity contribution < 1.29 is 28.6 Å². The predicted molar refractivity (Wildman–Crippen MR) is 164 cm³/mol. The van der Waals surface area contributed by atoms with Gasteiger partial charge in [0.1, 0.15) is 18.1 Å². The lowest BCUT2D eigenvalue weighted by Crippen LogP contribution is -2.36. The summed E-state index contributed by atoms with van der Waals surface area (Å²) in [5.74, 6) is 0.144. The van der Waals surface area contributed by atoms with Crippen molar-refractivity contribution in [3.8, 4) is 28.3 Å². The van der Waals surface area contributed by atoms with Crippen LogP contribution in [0.3, 0.4) is 0 Å². The van der Waals surface area contributed by atoms with Gasteiger partial charge in [-0.3, -0.25) is 4.79 Å². The summed E-state index contributed by atoms with van der Waals surface area (Å²) < 4.78 is 17.5. The van der Waals surface area contributed by atoms with Crippen LogP contribution in [0.4, 0.5) is 4.79 Å². The van der Waals surface area contributed by atoms with Gasteiger partial charge in [0, 0.05) is 18.0 Å². The lowest BCUT2D eigenvalue weighted by molar-refractivity contribution is -0.138. The van der Waals surface area contributed by atoms with Gasteiger partial charge in [0.2, 0.25) is 5.89 Å². The zero-order valence-corrected chi connectivity index (χ0v) is 24.7. The zero-order valence-electron chi connectivity index (χ0n) is 24.7. The van der Waals surface area contributed by atoms with Crippen LogP contribution in [0.1, 0.15) is 67.5 Å². The molecule has 1 amide bonds. The molecular formula is C35H38N2O6. The monoisotopic (exact) mass is 582 g/mol. The van der Waals surface area contributed by atoms with Gasteiger partial charge in [-0.05, 0) is 73.2 Å². The van der Waals surface area contributed by atoms with Crippen LogP contribution in [0, 0.1) is 6.92 Å². The number of alkyl carbamates (subject to hydrolysis) is 1. The van der Waals surface area contributed by atoms with E-state index in [0.717, 1.165) is 53.8 Å². The Morgan fingerprint density at radius 3 is 2.40 bits per heavy atom. The second-order valence-electron chi connectivity index (χ2n) is 11.0. The second kappa shape index (κ2) is 14.1. The number of benzene rings is 3. The minimum atomic E-state index is -0.950. The molecule has 0 spiro atoms. The maximum absolute atomic E-state index is 12.4. The summed E-state index contributed by atoms with van der Waals surface area (Å²) in [6.07, 6.45) is 5.33. The molecule has 1 fully saturated rings. The number of ether oxygens (including phenoxy) is 2. The van der Waals surface area contributed by atoms with Crippen molar-refractivity contribution in [2.45, 2.75) is 70.9 Å². The third-order valence-corrected chi connectivity index (χ3v) is 7.98. The Balaban J connectivity index is 1.20. The van der Waals surface area contributed by atoms with Crippen molar-refractivity contribution in [3.63, 3.8) is 0 Å². The highest BCUT2D eigenvalue weighted by atomic mass is 16.5. The number of carbonyl (C=O) groups is 2. The van der Waals surface area contributed by atoms with Gasteiger partial charge in [0.15, 0.2) is 0 Å². The van der Waals surface area contributed by atoms with Gasteiger partial charge in [-0.25, -0.2) is 9.78 Å². The van der Waals surface area contributed by atoms with Crippen molar-refractivity contribution >= 4 is 12.1 Å². The number of carbonyl (C=O) groups excluding carboxylic acids is 1. The highest BCUT2D eigenvalue weighted by Crippen LogP contribution is 2.28. The fourth-order valence-electron chi connectivity index (χ4n) is 5.44. The molecule has 224 valence electrons. The van der Waals surface area contributed by atoms with Gasteiger partial charge >= 0.3 is 12.1 Å². The van der Waals surface area contributed by atoms with E-state index in [-0.39, 0.29) is 12.6 Å². The number of rotatable bonds is 11. The average Bonchev–Trinajstić information content (AvgIpc) is 3.40. The molecule has 1 aromatic heterocycles. The highest BCUT2D eigenvalue weighted by molar-refractivity contribution is 5.76. The summed E-state index contributed by atoms with van der Waals surface area (Å²) in [5, 5.41) is 12.5. The standard InChI is InChI=1S/C35H38N2O6/c1-23(34(38)39)31-18-17-30(21-28(31)22-42-35(40)36-29-11-7-4-8-12-29)41-20-19-32-24(2)43-33(37-32)27-15-13-26(14-16-27)25-9-5-3-6-10-25/h3,5-6,9-10,13-18,21,23,29H,4,7-8,11-12,19-20,22H2,1-2H3,(H,36,40)(H,38,39). The number of carboxylic acids is 1. The van der Waals surface area contributed by atoms with E-state index in [1.165, 1.54) is 6.42 Å². The van der Waals surface area contributed by atoms with E-state index in [4.69, 9.17) is 18.9 Å². The minimum absolute atomic E-state index is 0.0441.